The lowest BCUT2D eigenvalue weighted by atomic mass is 10.1. The summed E-state index contributed by atoms with van der Waals surface area (Å²) in [6, 6.07) is 0. The Bertz CT molecular complexity index is 1270. The number of ether oxygens (including phenoxy) is 3. The second-order valence-electron chi connectivity index (χ2n) is 7.10. The summed E-state index contributed by atoms with van der Waals surface area (Å²) in [6.07, 6.45) is -3.24. The molecule has 0 aliphatic carbocycles. The fraction of sp³-hybridized carbons (Fsp3) is 0.500. The third-order valence-corrected chi connectivity index (χ3v) is 8.93. The number of carbonyl (C=O) groups excluding carboxylic acids is 2. The van der Waals surface area contributed by atoms with Gasteiger partial charge in [-0.2, -0.15) is 4.31 Å². The Morgan fingerprint density at radius 2 is 1.78 bits per heavy atom. The van der Waals surface area contributed by atoms with Gasteiger partial charge in [0.2, 0.25) is 0 Å². The van der Waals surface area contributed by atoms with Gasteiger partial charge in [0.1, 0.15) is 31.7 Å². The highest BCUT2D eigenvalue weighted by molar-refractivity contribution is 8.35. The van der Waals surface area contributed by atoms with E-state index in [2.05, 4.69) is 35.8 Å². The molecule has 0 bridgehead atoms. The molecule has 23 heteroatoms. The molecule has 2 aromatic heterocycles. The largest absolute Gasteiger partial charge is 0.790 e. The van der Waals surface area contributed by atoms with Gasteiger partial charge in [0.05, 0.1) is 14.2 Å². The number of aromatic nitrogens is 4. The Morgan fingerprint density at radius 1 is 1.16 bits per heavy atom. The van der Waals surface area contributed by atoms with E-state index in [1.807, 2.05) is 0 Å². The number of nitrogens with two attached hydrogens (primary N) is 1. The number of anilines is 1. The quantitative estimate of drug-likeness (QED) is 0.162. The lowest BCUT2D eigenvalue weighted by Gasteiger charge is -2.40. The summed E-state index contributed by atoms with van der Waals surface area (Å²) in [5.41, 5.74) is 6.05. The van der Waals surface area contributed by atoms with Crippen molar-refractivity contribution >= 4 is 64.0 Å². The first-order chi connectivity index (χ1) is 17.0. The first-order valence-electron chi connectivity index (χ1n) is 9.62. The molecule has 1 aliphatic heterocycles. The summed E-state index contributed by atoms with van der Waals surface area (Å²) in [7, 11) is -17.2. The number of nitrogen functional groups attached to an aromatic ring is 1. The molecule has 6 atom stereocenters. The highest BCUT2D eigenvalue weighted by atomic mass is 32.7. The smallest absolute Gasteiger partial charge is 0.311 e. The van der Waals surface area contributed by atoms with Crippen molar-refractivity contribution in [3.05, 3.63) is 12.7 Å². The number of imidazole rings is 1. The Kier molecular flexibility index (Phi) is 8.96. The molecular weight excluding hydrogens is 587 g/mol. The highest BCUT2D eigenvalue weighted by Gasteiger charge is 2.51. The van der Waals surface area contributed by atoms with E-state index in [0.717, 1.165) is 20.2 Å². The predicted octanol–water partition coefficient (Wildman–Crippen LogP) is -2.90. The van der Waals surface area contributed by atoms with Crippen molar-refractivity contribution in [2.45, 2.75) is 38.4 Å². The maximum Gasteiger partial charge on any atom is 0.311 e. The Balaban J connectivity index is 1.88. The molecule has 1 fully saturated rings. The summed E-state index contributed by atoms with van der Waals surface area (Å²) in [5.74, 6) is -1.68. The van der Waals surface area contributed by atoms with Gasteiger partial charge >= 0.3 is 19.8 Å². The van der Waals surface area contributed by atoms with Crippen LogP contribution in [0.4, 0.5) is 5.82 Å². The molecule has 0 radical (unpaired) electrons. The summed E-state index contributed by atoms with van der Waals surface area (Å²) in [5, 5.41) is 0. The molecule has 0 spiro atoms. The van der Waals surface area contributed by atoms with E-state index in [4.69, 9.17) is 24.5 Å². The fourth-order valence-electron chi connectivity index (χ4n) is 3.22. The summed E-state index contributed by atoms with van der Waals surface area (Å²) < 4.78 is 51.4. The molecule has 0 saturated carbocycles. The monoisotopic (exact) mass is 603 g/mol. The van der Waals surface area contributed by atoms with E-state index >= 15 is 0 Å². The normalized spacial score (nSPS) is 25.4. The maximum atomic E-state index is 12.3. The highest BCUT2D eigenvalue weighted by Crippen LogP contribution is 2.65. The molecule has 0 aromatic carbocycles. The van der Waals surface area contributed by atoms with Gasteiger partial charge < -0.3 is 56.3 Å². The number of rotatable bonds is 10. The standard InChI is InChI=1S/C14H20N5O14P3S/c1-6(20)29-10-8(3-28-36(27,37)33-35(25,26)32-34(22,23)24)31-14(11(10)30-7(2)21)19-5-18-9-12(15)16-4-17-13(9)19/h4-5,8,10-11,14H,3H2,1-2H3,(H,25,26)(H,27,37)(H2,15,16,17)(H2,22,23,24)/p-4/t8-,10-,11-,14-,36?/m1/s1. The first kappa shape index (κ1) is 29.8. The van der Waals surface area contributed by atoms with E-state index in [0.29, 0.717) is 0 Å². The van der Waals surface area contributed by atoms with Crippen LogP contribution >= 0.6 is 22.8 Å². The molecule has 206 valence electrons. The number of hydrogen-bond donors (Lipinski definition) is 1. The molecule has 3 heterocycles. The number of esters is 2. The van der Waals surface area contributed by atoms with Crippen molar-refractivity contribution in [2.24, 2.45) is 0 Å². The Labute approximate surface area is 212 Å². The fourth-order valence-corrected chi connectivity index (χ4v) is 7.00. The van der Waals surface area contributed by atoms with Crippen LogP contribution < -0.4 is 25.3 Å². The van der Waals surface area contributed by atoms with Crippen molar-refractivity contribution in [1.29, 1.82) is 0 Å². The molecule has 1 saturated heterocycles. The van der Waals surface area contributed by atoms with Crippen LogP contribution in [0.25, 0.3) is 11.2 Å². The molecular formula is C14H16N5O14P3S-4. The summed E-state index contributed by atoms with van der Waals surface area (Å²) in [6.45, 7) is 1.16. The SMILES string of the molecule is CC(=O)O[C@@H]1[C@H](OC(C)=O)[C@@H](CO[P+]([O-])([S-])OP(=O)([O-])OP(=O)([O-])[O-])O[C@H]1n1cnc2c(N)ncnc21. The molecule has 2 aromatic rings. The zero-order chi connectivity index (χ0) is 27.8. The first-order valence-corrected chi connectivity index (χ1v) is 15.1. The Morgan fingerprint density at radius 3 is 2.38 bits per heavy atom. The predicted molar refractivity (Wildman–Crippen MR) is 112 cm³/mol. The number of nitrogens with zero attached hydrogens (tertiary/aromatic N) is 4. The zero-order valence-corrected chi connectivity index (χ0v) is 22.0. The van der Waals surface area contributed by atoms with Crippen molar-refractivity contribution in [2.75, 3.05) is 12.3 Å². The lowest BCUT2D eigenvalue weighted by Crippen LogP contribution is -2.40. The van der Waals surface area contributed by atoms with Crippen LogP contribution in [0.2, 0.25) is 0 Å². The second kappa shape index (κ2) is 11.1. The molecule has 19 nitrogen and oxygen atoms in total. The minimum absolute atomic E-state index is 0.0105. The molecule has 1 aliphatic rings. The van der Waals surface area contributed by atoms with Gasteiger partial charge in [0, 0.05) is 13.8 Å². The van der Waals surface area contributed by atoms with Crippen molar-refractivity contribution in [3.63, 3.8) is 0 Å². The molecule has 37 heavy (non-hydrogen) atoms. The van der Waals surface area contributed by atoms with E-state index in [1.54, 1.807) is 0 Å². The van der Waals surface area contributed by atoms with Gasteiger partial charge in [-0.25, -0.2) is 19.5 Å². The van der Waals surface area contributed by atoms with E-state index < -0.39 is 65.9 Å². The number of carbonyl (C=O) groups is 2. The third kappa shape index (κ3) is 7.86. The van der Waals surface area contributed by atoms with Gasteiger partial charge in [-0.05, 0) is 0 Å². The average Bonchev–Trinajstić information content (AvgIpc) is 3.26. The third-order valence-electron chi connectivity index (χ3n) is 4.35. The van der Waals surface area contributed by atoms with Crippen molar-refractivity contribution in [3.8, 4) is 0 Å². The minimum atomic E-state index is -6.10. The zero-order valence-electron chi connectivity index (χ0n) is 18.5. The van der Waals surface area contributed by atoms with E-state index in [9.17, 15) is 38.3 Å². The second-order valence-corrected chi connectivity index (χ2v) is 12.7. The van der Waals surface area contributed by atoms with Crippen LogP contribution in [-0.4, -0.2) is 56.4 Å². The van der Waals surface area contributed by atoms with E-state index in [1.165, 1.54) is 10.9 Å². The average molecular weight is 603 g/mol. The van der Waals surface area contributed by atoms with E-state index in [-0.39, 0.29) is 17.0 Å². The lowest BCUT2D eigenvalue weighted by molar-refractivity contribution is -0.339. The van der Waals surface area contributed by atoms with Crippen LogP contribution in [0.15, 0.2) is 12.7 Å². The van der Waals surface area contributed by atoms with Gasteiger partial charge in [-0.3, -0.25) is 23.0 Å². The molecule has 3 rings (SSSR count). The molecule has 2 N–H and O–H groups in total. The van der Waals surface area contributed by atoms with Crippen LogP contribution in [0.5, 0.6) is 0 Å². The minimum Gasteiger partial charge on any atom is -0.790 e. The summed E-state index contributed by atoms with van der Waals surface area (Å²) in [4.78, 5) is 80.3. The van der Waals surface area contributed by atoms with Gasteiger partial charge in [0.15, 0.2) is 29.9 Å². The van der Waals surface area contributed by atoms with Gasteiger partial charge in [-0.15, -0.1) is 0 Å². The van der Waals surface area contributed by atoms with Crippen LogP contribution in [0.1, 0.15) is 20.1 Å². The molecule has 2 unspecified atom stereocenters. The molecule has 0 amide bonds. The van der Waals surface area contributed by atoms with Crippen LogP contribution in [-0.2, 0) is 58.3 Å². The maximum absolute atomic E-state index is 12.3. The topological polar surface area (TPSA) is 286 Å². The number of hydrogen-bond acceptors (Lipinski definition) is 19. The Hall–Kier alpha value is -1.79. The van der Waals surface area contributed by atoms with Crippen molar-refractivity contribution < 1.29 is 65.6 Å². The van der Waals surface area contributed by atoms with Crippen molar-refractivity contribution in [1.82, 2.24) is 19.5 Å². The van der Waals surface area contributed by atoms with Crippen LogP contribution in [0.3, 0.4) is 0 Å². The summed E-state index contributed by atoms with van der Waals surface area (Å²) >= 11 is 4.40. The number of fused-ring (bicyclic) bond motifs is 1. The van der Waals surface area contributed by atoms with Crippen LogP contribution in [0, 0.1) is 0 Å². The van der Waals surface area contributed by atoms with Gasteiger partial charge in [0.25, 0.3) is 0 Å². The number of phosphoric acid groups is 2. The van der Waals surface area contributed by atoms with Gasteiger partial charge in [-0.1, -0.05) is 0 Å².